The minimum Gasteiger partial charge on any atom is -0.464 e. The molecule has 1 N–H and O–H groups in total. The first-order valence-electron chi connectivity index (χ1n) is 6.67. The molecule has 0 aliphatic rings. The molecule has 2 rings (SSSR count). The summed E-state index contributed by atoms with van der Waals surface area (Å²) >= 11 is 1.61. The quantitative estimate of drug-likeness (QED) is 0.843. The molecule has 4 heteroatoms. The predicted molar refractivity (Wildman–Crippen MR) is 83.2 cm³/mol. The fourth-order valence-corrected chi connectivity index (χ4v) is 2.89. The first-order chi connectivity index (χ1) is 9.61. The summed E-state index contributed by atoms with van der Waals surface area (Å²) in [5, 5.41) is 3.30. The van der Waals surface area contributed by atoms with Crippen LogP contribution in [0.5, 0.6) is 0 Å². The topological polar surface area (TPSA) is 38.3 Å². The molecule has 20 heavy (non-hydrogen) atoms. The summed E-state index contributed by atoms with van der Waals surface area (Å²) in [7, 11) is 0. The zero-order valence-electron chi connectivity index (χ0n) is 12.0. The number of para-hydroxylation sites is 1. The lowest BCUT2D eigenvalue weighted by molar-refractivity contribution is -0.144. The molecule has 0 aliphatic carbocycles. The number of benzene rings is 1. The first-order valence-corrected chi connectivity index (χ1v) is 7.48. The average molecular weight is 289 g/mol. The average Bonchev–Trinajstić information content (AvgIpc) is 2.84. The molecule has 1 aromatic heterocycles. The van der Waals surface area contributed by atoms with Gasteiger partial charge >= 0.3 is 5.97 Å². The van der Waals surface area contributed by atoms with Crippen molar-refractivity contribution < 1.29 is 9.53 Å². The molecule has 0 saturated heterocycles. The van der Waals surface area contributed by atoms with E-state index in [1.54, 1.807) is 11.3 Å². The molecule has 0 bridgehead atoms. The highest BCUT2D eigenvalue weighted by molar-refractivity contribution is 7.12. The molecule has 0 radical (unpaired) electrons. The molecule has 106 valence electrons. The standard InChI is InChI=1S/C16H19NO2S/c1-4-19-16(18)15(14-10-9-12(3)20-14)17-13-8-6-5-7-11(13)2/h5-10,15,17H,4H2,1-3H3. The Hall–Kier alpha value is -1.81. The van der Waals surface area contributed by atoms with E-state index in [1.807, 2.05) is 57.2 Å². The molecule has 2 aromatic rings. The molecule has 3 nitrogen and oxygen atoms in total. The van der Waals surface area contributed by atoms with Crippen LogP contribution in [-0.4, -0.2) is 12.6 Å². The Bertz CT molecular complexity index is 592. The Kier molecular flexibility index (Phi) is 4.79. The monoisotopic (exact) mass is 289 g/mol. The van der Waals surface area contributed by atoms with Crippen molar-refractivity contribution in [2.75, 3.05) is 11.9 Å². The summed E-state index contributed by atoms with van der Waals surface area (Å²) in [6.45, 7) is 6.26. The van der Waals surface area contributed by atoms with Crippen LogP contribution in [0.3, 0.4) is 0 Å². The lowest BCUT2D eigenvalue weighted by Crippen LogP contribution is -2.22. The van der Waals surface area contributed by atoms with Gasteiger partial charge in [0.1, 0.15) is 0 Å². The number of esters is 1. The predicted octanol–water partition coefficient (Wildman–Crippen LogP) is 4.08. The number of carbonyl (C=O) groups is 1. The summed E-state index contributed by atoms with van der Waals surface area (Å²) in [4.78, 5) is 14.3. The van der Waals surface area contributed by atoms with E-state index < -0.39 is 6.04 Å². The highest BCUT2D eigenvalue weighted by atomic mass is 32.1. The molecular formula is C16H19NO2S. The van der Waals surface area contributed by atoms with Crippen LogP contribution in [-0.2, 0) is 9.53 Å². The van der Waals surface area contributed by atoms with Gasteiger partial charge in [0.2, 0.25) is 0 Å². The third-order valence-corrected chi connectivity index (χ3v) is 4.08. The van der Waals surface area contributed by atoms with Crippen LogP contribution in [0.1, 0.15) is 28.3 Å². The minimum absolute atomic E-state index is 0.238. The summed E-state index contributed by atoms with van der Waals surface area (Å²) < 4.78 is 5.19. The van der Waals surface area contributed by atoms with Crippen LogP contribution >= 0.6 is 11.3 Å². The van der Waals surface area contributed by atoms with Gasteiger partial charge in [-0.2, -0.15) is 0 Å². The maximum absolute atomic E-state index is 12.2. The number of hydrogen-bond acceptors (Lipinski definition) is 4. The molecular weight excluding hydrogens is 270 g/mol. The molecule has 0 aliphatic heterocycles. The largest absolute Gasteiger partial charge is 0.464 e. The van der Waals surface area contributed by atoms with E-state index in [0.29, 0.717) is 6.61 Å². The van der Waals surface area contributed by atoms with Crippen molar-refractivity contribution in [1.29, 1.82) is 0 Å². The van der Waals surface area contributed by atoms with Crippen LogP contribution in [0.2, 0.25) is 0 Å². The second-order valence-electron chi connectivity index (χ2n) is 4.59. The van der Waals surface area contributed by atoms with E-state index in [2.05, 4.69) is 5.32 Å². The van der Waals surface area contributed by atoms with E-state index in [0.717, 1.165) is 16.1 Å². The number of aryl methyl sites for hydroxylation is 2. The van der Waals surface area contributed by atoms with Gasteiger partial charge in [0.25, 0.3) is 0 Å². The highest BCUT2D eigenvalue weighted by Crippen LogP contribution is 2.28. The van der Waals surface area contributed by atoms with Crippen LogP contribution in [0.15, 0.2) is 36.4 Å². The van der Waals surface area contributed by atoms with Gasteiger partial charge in [-0.3, -0.25) is 0 Å². The van der Waals surface area contributed by atoms with E-state index in [-0.39, 0.29) is 5.97 Å². The number of carbonyl (C=O) groups excluding carboxylic acids is 1. The number of thiophene rings is 1. The van der Waals surface area contributed by atoms with Crippen LogP contribution in [0.4, 0.5) is 5.69 Å². The Balaban J connectivity index is 2.27. The van der Waals surface area contributed by atoms with Gasteiger partial charge in [-0.05, 0) is 44.5 Å². The number of rotatable bonds is 5. The first kappa shape index (κ1) is 14.6. The molecule has 0 spiro atoms. The van der Waals surface area contributed by atoms with E-state index in [1.165, 1.54) is 4.88 Å². The lowest BCUT2D eigenvalue weighted by Gasteiger charge is -2.18. The van der Waals surface area contributed by atoms with E-state index in [4.69, 9.17) is 4.74 Å². The van der Waals surface area contributed by atoms with Gasteiger partial charge in [-0.1, -0.05) is 18.2 Å². The zero-order valence-corrected chi connectivity index (χ0v) is 12.8. The molecule has 1 atom stereocenters. The van der Waals surface area contributed by atoms with Crippen molar-refractivity contribution in [1.82, 2.24) is 0 Å². The molecule has 0 saturated carbocycles. The Morgan fingerprint density at radius 3 is 2.60 bits per heavy atom. The third kappa shape index (κ3) is 3.39. The minimum atomic E-state index is -0.449. The second kappa shape index (κ2) is 6.57. The summed E-state index contributed by atoms with van der Waals surface area (Å²) in [6, 6.07) is 11.5. The number of nitrogens with one attached hydrogen (secondary N) is 1. The fraction of sp³-hybridized carbons (Fsp3) is 0.312. The maximum atomic E-state index is 12.2. The molecule has 1 heterocycles. The molecule has 0 fully saturated rings. The van der Waals surface area contributed by atoms with Crippen LogP contribution in [0, 0.1) is 13.8 Å². The van der Waals surface area contributed by atoms with Gasteiger partial charge in [0.05, 0.1) is 6.61 Å². The maximum Gasteiger partial charge on any atom is 0.334 e. The fourth-order valence-electron chi connectivity index (χ4n) is 1.97. The Morgan fingerprint density at radius 2 is 2.00 bits per heavy atom. The Morgan fingerprint density at radius 1 is 1.25 bits per heavy atom. The molecule has 1 aromatic carbocycles. The summed E-state index contributed by atoms with van der Waals surface area (Å²) in [5.41, 5.74) is 2.06. The lowest BCUT2D eigenvalue weighted by atomic mass is 10.1. The second-order valence-corrected chi connectivity index (χ2v) is 5.91. The van der Waals surface area contributed by atoms with Crippen LogP contribution in [0.25, 0.3) is 0 Å². The van der Waals surface area contributed by atoms with Crippen molar-refractivity contribution in [2.24, 2.45) is 0 Å². The van der Waals surface area contributed by atoms with E-state index >= 15 is 0 Å². The normalized spacial score (nSPS) is 11.9. The van der Waals surface area contributed by atoms with Gasteiger partial charge in [-0.25, -0.2) is 4.79 Å². The molecule has 1 unspecified atom stereocenters. The number of anilines is 1. The van der Waals surface area contributed by atoms with Crippen molar-refractivity contribution in [2.45, 2.75) is 26.8 Å². The summed E-state index contributed by atoms with van der Waals surface area (Å²) in [5.74, 6) is -0.238. The third-order valence-electron chi connectivity index (χ3n) is 3.01. The smallest absolute Gasteiger partial charge is 0.334 e. The zero-order chi connectivity index (χ0) is 14.5. The highest BCUT2D eigenvalue weighted by Gasteiger charge is 2.23. The Labute approximate surface area is 123 Å². The SMILES string of the molecule is CCOC(=O)C(Nc1ccccc1C)c1ccc(C)s1. The number of hydrogen-bond donors (Lipinski definition) is 1. The van der Waals surface area contributed by atoms with Crippen molar-refractivity contribution >= 4 is 23.0 Å². The van der Waals surface area contributed by atoms with Crippen LogP contribution < -0.4 is 5.32 Å². The van der Waals surface area contributed by atoms with Gasteiger partial charge in [-0.15, -0.1) is 11.3 Å². The van der Waals surface area contributed by atoms with Crippen molar-refractivity contribution in [3.63, 3.8) is 0 Å². The van der Waals surface area contributed by atoms with Gasteiger partial charge in [0, 0.05) is 15.4 Å². The number of ether oxygens (including phenoxy) is 1. The van der Waals surface area contributed by atoms with E-state index in [9.17, 15) is 4.79 Å². The molecule has 0 amide bonds. The van der Waals surface area contributed by atoms with Gasteiger partial charge < -0.3 is 10.1 Å². The van der Waals surface area contributed by atoms with Gasteiger partial charge in [0.15, 0.2) is 6.04 Å². The summed E-state index contributed by atoms with van der Waals surface area (Å²) in [6.07, 6.45) is 0. The van der Waals surface area contributed by atoms with Crippen molar-refractivity contribution in [3.8, 4) is 0 Å². The van der Waals surface area contributed by atoms with Crippen molar-refractivity contribution in [3.05, 3.63) is 51.7 Å².